The molecule has 1 aliphatic rings. The molecule has 1 fully saturated rings. The zero-order chi connectivity index (χ0) is 14.2. The van der Waals surface area contributed by atoms with Gasteiger partial charge in [0.25, 0.3) is 0 Å². The minimum Gasteiger partial charge on any atom is -0.433 e. The molecule has 1 aromatic heterocycles. The Labute approximate surface area is 112 Å². The number of ether oxygens (including phenoxy) is 1. The van der Waals surface area contributed by atoms with Crippen LogP contribution in [0.15, 0.2) is 22.6 Å². The number of hydrogen-bond acceptors (Lipinski definition) is 4. The van der Waals surface area contributed by atoms with Gasteiger partial charge in [-0.15, -0.1) is 0 Å². The normalized spacial score (nSPS) is 20.2. The standard InChI is InChI=1S/C13H13F3N2O2/c14-13(15,16)12-18-10-6-8(3-4-11(10)20-12)17-9-2-1-5-19-7-9/h3-4,6,9,17H,1-2,5,7H2/t9-/m0/s1. The van der Waals surface area contributed by atoms with Crippen LogP contribution in [0.2, 0.25) is 0 Å². The Morgan fingerprint density at radius 2 is 2.15 bits per heavy atom. The smallest absolute Gasteiger partial charge is 0.433 e. The number of oxazole rings is 1. The highest BCUT2D eigenvalue weighted by Crippen LogP contribution is 2.32. The first-order chi connectivity index (χ1) is 9.52. The van der Waals surface area contributed by atoms with E-state index < -0.39 is 12.1 Å². The first-order valence-corrected chi connectivity index (χ1v) is 6.34. The molecule has 3 rings (SSSR count). The number of nitrogens with one attached hydrogen (secondary N) is 1. The SMILES string of the molecule is FC(F)(F)c1nc2cc(N[C@H]3CCCOC3)ccc2o1. The van der Waals surface area contributed by atoms with Crippen molar-refractivity contribution in [1.82, 2.24) is 4.98 Å². The van der Waals surface area contributed by atoms with Gasteiger partial charge in [-0.25, -0.2) is 4.98 Å². The van der Waals surface area contributed by atoms with Gasteiger partial charge >= 0.3 is 12.1 Å². The Morgan fingerprint density at radius 3 is 2.85 bits per heavy atom. The van der Waals surface area contributed by atoms with Crippen LogP contribution in [0.4, 0.5) is 18.9 Å². The lowest BCUT2D eigenvalue weighted by Gasteiger charge is -2.24. The van der Waals surface area contributed by atoms with Crippen molar-refractivity contribution in [3.05, 3.63) is 24.1 Å². The number of alkyl halides is 3. The molecule has 1 aromatic carbocycles. The van der Waals surface area contributed by atoms with Gasteiger partial charge in [-0.05, 0) is 31.0 Å². The molecule has 7 heteroatoms. The zero-order valence-electron chi connectivity index (χ0n) is 10.5. The van der Waals surface area contributed by atoms with Crippen molar-refractivity contribution >= 4 is 16.8 Å². The van der Waals surface area contributed by atoms with Gasteiger partial charge in [-0.3, -0.25) is 0 Å². The largest absolute Gasteiger partial charge is 0.468 e. The summed E-state index contributed by atoms with van der Waals surface area (Å²) in [6, 6.07) is 4.91. The monoisotopic (exact) mass is 286 g/mol. The quantitative estimate of drug-likeness (QED) is 0.918. The van der Waals surface area contributed by atoms with Crippen LogP contribution in [0.25, 0.3) is 11.1 Å². The molecule has 1 aliphatic heterocycles. The van der Waals surface area contributed by atoms with Gasteiger partial charge in [0.1, 0.15) is 5.52 Å². The van der Waals surface area contributed by atoms with Crippen molar-refractivity contribution in [2.45, 2.75) is 25.1 Å². The maximum Gasteiger partial charge on any atom is 0.468 e. The molecule has 2 aromatic rings. The van der Waals surface area contributed by atoms with Crippen LogP contribution in [0.5, 0.6) is 0 Å². The van der Waals surface area contributed by atoms with Gasteiger partial charge in [-0.1, -0.05) is 0 Å². The van der Waals surface area contributed by atoms with Gasteiger partial charge < -0.3 is 14.5 Å². The van der Waals surface area contributed by atoms with E-state index >= 15 is 0 Å². The lowest BCUT2D eigenvalue weighted by atomic mass is 10.1. The van der Waals surface area contributed by atoms with Crippen LogP contribution in [-0.4, -0.2) is 24.2 Å². The highest BCUT2D eigenvalue weighted by molar-refractivity contribution is 5.77. The fourth-order valence-electron chi connectivity index (χ4n) is 2.23. The van der Waals surface area contributed by atoms with Gasteiger partial charge in [0, 0.05) is 18.3 Å². The van der Waals surface area contributed by atoms with Crippen molar-refractivity contribution in [1.29, 1.82) is 0 Å². The molecule has 20 heavy (non-hydrogen) atoms. The van der Waals surface area contributed by atoms with Crippen LogP contribution in [-0.2, 0) is 10.9 Å². The Morgan fingerprint density at radius 1 is 1.30 bits per heavy atom. The number of nitrogens with zero attached hydrogens (tertiary/aromatic N) is 1. The second-order valence-corrected chi connectivity index (χ2v) is 4.76. The Kier molecular flexibility index (Phi) is 3.29. The average Bonchev–Trinajstić information content (AvgIpc) is 2.83. The van der Waals surface area contributed by atoms with Crippen molar-refractivity contribution in [2.24, 2.45) is 0 Å². The fraction of sp³-hybridized carbons (Fsp3) is 0.462. The van der Waals surface area contributed by atoms with Crippen molar-refractivity contribution in [2.75, 3.05) is 18.5 Å². The molecule has 0 unspecified atom stereocenters. The van der Waals surface area contributed by atoms with Crippen molar-refractivity contribution in [3.8, 4) is 0 Å². The molecule has 0 amide bonds. The van der Waals surface area contributed by atoms with E-state index in [0.29, 0.717) is 6.61 Å². The number of anilines is 1. The average molecular weight is 286 g/mol. The molecular weight excluding hydrogens is 273 g/mol. The van der Waals surface area contributed by atoms with E-state index in [-0.39, 0.29) is 17.1 Å². The van der Waals surface area contributed by atoms with Crippen LogP contribution in [0.3, 0.4) is 0 Å². The molecule has 0 spiro atoms. The summed E-state index contributed by atoms with van der Waals surface area (Å²) in [6.45, 7) is 1.36. The summed E-state index contributed by atoms with van der Waals surface area (Å²) in [5.41, 5.74) is 1.04. The summed E-state index contributed by atoms with van der Waals surface area (Å²) in [7, 11) is 0. The third-order valence-electron chi connectivity index (χ3n) is 3.16. The number of aromatic nitrogens is 1. The molecule has 0 saturated carbocycles. The Bertz CT molecular complexity index is 603. The van der Waals surface area contributed by atoms with Gasteiger partial charge in [0.05, 0.1) is 6.61 Å². The molecule has 4 nitrogen and oxygen atoms in total. The van der Waals surface area contributed by atoms with E-state index in [1.165, 1.54) is 6.07 Å². The summed E-state index contributed by atoms with van der Waals surface area (Å²) in [6.07, 6.45) is -2.61. The fourth-order valence-corrected chi connectivity index (χ4v) is 2.23. The predicted molar refractivity (Wildman–Crippen MR) is 66.5 cm³/mol. The van der Waals surface area contributed by atoms with E-state index in [4.69, 9.17) is 4.74 Å². The molecular formula is C13H13F3N2O2. The lowest BCUT2D eigenvalue weighted by molar-refractivity contribution is -0.156. The van der Waals surface area contributed by atoms with Crippen LogP contribution in [0.1, 0.15) is 18.7 Å². The summed E-state index contributed by atoms with van der Waals surface area (Å²) in [5, 5.41) is 3.23. The summed E-state index contributed by atoms with van der Waals surface area (Å²) < 4.78 is 47.6. The maximum absolute atomic E-state index is 12.5. The van der Waals surface area contributed by atoms with Crippen LogP contribution < -0.4 is 5.32 Å². The third kappa shape index (κ3) is 2.72. The Balaban J connectivity index is 1.82. The summed E-state index contributed by atoms with van der Waals surface area (Å²) >= 11 is 0. The minimum absolute atomic E-state index is 0.128. The van der Waals surface area contributed by atoms with Gasteiger partial charge in [0.2, 0.25) is 0 Å². The second kappa shape index (κ2) is 4.97. The van der Waals surface area contributed by atoms with E-state index in [9.17, 15) is 13.2 Å². The van der Waals surface area contributed by atoms with E-state index in [0.717, 1.165) is 25.1 Å². The molecule has 0 radical (unpaired) electrons. The second-order valence-electron chi connectivity index (χ2n) is 4.76. The van der Waals surface area contributed by atoms with Gasteiger partial charge in [-0.2, -0.15) is 13.2 Å². The van der Waals surface area contributed by atoms with E-state index in [1.807, 2.05) is 0 Å². The number of rotatable bonds is 2. The summed E-state index contributed by atoms with van der Waals surface area (Å²) in [4.78, 5) is 3.47. The van der Waals surface area contributed by atoms with Crippen molar-refractivity contribution in [3.63, 3.8) is 0 Å². The third-order valence-corrected chi connectivity index (χ3v) is 3.16. The zero-order valence-corrected chi connectivity index (χ0v) is 10.5. The molecule has 1 atom stereocenters. The predicted octanol–water partition coefficient (Wildman–Crippen LogP) is 3.44. The molecule has 0 aliphatic carbocycles. The highest BCUT2D eigenvalue weighted by atomic mass is 19.4. The summed E-state index contributed by atoms with van der Waals surface area (Å²) in [5.74, 6) is -1.22. The number of hydrogen-bond donors (Lipinski definition) is 1. The maximum atomic E-state index is 12.5. The van der Waals surface area contributed by atoms with Crippen LogP contribution >= 0.6 is 0 Å². The van der Waals surface area contributed by atoms with Gasteiger partial charge in [0.15, 0.2) is 5.58 Å². The highest BCUT2D eigenvalue weighted by Gasteiger charge is 2.37. The minimum atomic E-state index is -4.57. The Hall–Kier alpha value is -1.76. The molecule has 1 N–H and O–H groups in total. The first-order valence-electron chi connectivity index (χ1n) is 6.34. The molecule has 108 valence electrons. The molecule has 2 heterocycles. The number of fused-ring (bicyclic) bond motifs is 1. The molecule has 0 bridgehead atoms. The number of halogens is 3. The van der Waals surface area contributed by atoms with Crippen molar-refractivity contribution < 1.29 is 22.3 Å². The van der Waals surface area contributed by atoms with E-state index in [1.54, 1.807) is 12.1 Å². The van der Waals surface area contributed by atoms with E-state index in [2.05, 4.69) is 14.7 Å². The van der Waals surface area contributed by atoms with Crippen LogP contribution in [0, 0.1) is 0 Å². The number of benzene rings is 1. The topological polar surface area (TPSA) is 47.3 Å². The molecule has 1 saturated heterocycles. The lowest BCUT2D eigenvalue weighted by Crippen LogP contribution is -2.29. The first kappa shape index (κ1) is 13.2.